The maximum absolute atomic E-state index is 13.2. The van der Waals surface area contributed by atoms with Crippen molar-refractivity contribution < 1.29 is 8.78 Å². The average molecular weight is 301 g/mol. The Bertz CT molecular complexity index is 718. The number of hydrogen-bond acceptors (Lipinski definition) is 2. The first kappa shape index (κ1) is 13.8. The van der Waals surface area contributed by atoms with E-state index in [4.69, 9.17) is 0 Å². The third-order valence-electron chi connectivity index (χ3n) is 3.12. The highest BCUT2D eigenvalue weighted by Gasteiger charge is 2.06. The monoisotopic (exact) mass is 301 g/mol. The normalized spacial score (nSPS) is 10.6. The number of hydrogen-bond donors (Lipinski definition) is 1. The molecule has 1 N–H and O–H groups in total. The van der Waals surface area contributed by atoms with E-state index < -0.39 is 11.6 Å². The molecule has 0 aliphatic heterocycles. The third kappa shape index (κ3) is 3.28. The van der Waals surface area contributed by atoms with Crippen molar-refractivity contribution in [2.45, 2.75) is 6.54 Å². The van der Waals surface area contributed by atoms with Gasteiger partial charge in [0.1, 0.15) is 11.6 Å². The summed E-state index contributed by atoms with van der Waals surface area (Å²) in [6.07, 6.45) is 0. The zero-order chi connectivity index (χ0) is 14.7. The van der Waals surface area contributed by atoms with Crippen LogP contribution in [0.4, 0.5) is 14.5 Å². The fourth-order valence-corrected chi connectivity index (χ4v) is 2.96. The van der Waals surface area contributed by atoms with Crippen molar-refractivity contribution in [3.63, 3.8) is 0 Å². The molecule has 2 aromatic carbocycles. The van der Waals surface area contributed by atoms with Gasteiger partial charge in [0.25, 0.3) is 0 Å². The van der Waals surface area contributed by atoms with Crippen molar-refractivity contribution in [1.29, 1.82) is 0 Å². The van der Waals surface area contributed by atoms with Gasteiger partial charge >= 0.3 is 0 Å². The molecule has 0 amide bonds. The van der Waals surface area contributed by atoms with E-state index in [-0.39, 0.29) is 0 Å². The molecule has 0 bridgehead atoms. The highest BCUT2D eigenvalue weighted by molar-refractivity contribution is 7.13. The first-order valence-corrected chi connectivity index (χ1v) is 7.42. The third-order valence-corrected chi connectivity index (χ3v) is 4.02. The SMILES string of the molecule is Fc1cc(F)cc(CNc2ccccc2-c2cccs2)c1. The van der Waals surface area contributed by atoms with Crippen molar-refractivity contribution in [2.24, 2.45) is 0 Å². The van der Waals surface area contributed by atoms with E-state index in [1.165, 1.54) is 12.1 Å². The van der Waals surface area contributed by atoms with Gasteiger partial charge < -0.3 is 5.32 Å². The molecule has 0 saturated heterocycles. The van der Waals surface area contributed by atoms with E-state index in [2.05, 4.69) is 5.32 Å². The summed E-state index contributed by atoms with van der Waals surface area (Å²) >= 11 is 1.66. The highest BCUT2D eigenvalue weighted by atomic mass is 32.1. The van der Waals surface area contributed by atoms with E-state index in [1.807, 2.05) is 41.8 Å². The van der Waals surface area contributed by atoms with Gasteiger partial charge in [0, 0.05) is 28.7 Å². The van der Waals surface area contributed by atoms with Gasteiger partial charge in [0.15, 0.2) is 0 Å². The highest BCUT2D eigenvalue weighted by Crippen LogP contribution is 2.31. The number of halogens is 2. The average Bonchev–Trinajstić information content (AvgIpc) is 2.98. The van der Waals surface area contributed by atoms with Gasteiger partial charge in [-0.1, -0.05) is 24.3 Å². The fourth-order valence-electron chi connectivity index (χ4n) is 2.19. The number of thiophene rings is 1. The lowest BCUT2D eigenvalue weighted by Crippen LogP contribution is -2.01. The van der Waals surface area contributed by atoms with Gasteiger partial charge in [-0.05, 0) is 35.2 Å². The molecule has 1 heterocycles. The molecule has 0 spiro atoms. The zero-order valence-electron chi connectivity index (χ0n) is 11.1. The van der Waals surface area contributed by atoms with Crippen LogP contribution in [0.2, 0.25) is 0 Å². The van der Waals surface area contributed by atoms with E-state index in [9.17, 15) is 8.78 Å². The molecule has 0 fully saturated rings. The van der Waals surface area contributed by atoms with Gasteiger partial charge in [0.2, 0.25) is 0 Å². The molecule has 4 heteroatoms. The summed E-state index contributed by atoms with van der Waals surface area (Å²) in [6, 6.07) is 15.5. The quantitative estimate of drug-likeness (QED) is 0.689. The van der Waals surface area contributed by atoms with E-state index >= 15 is 0 Å². The van der Waals surface area contributed by atoms with Crippen molar-refractivity contribution in [3.8, 4) is 10.4 Å². The van der Waals surface area contributed by atoms with Crippen LogP contribution in [0.15, 0.2) is 60.0 Å². The molecule has 0 aliphatic rings. The lowest BCUT2D eigenvalue weighted by Gasteiger charge is -2.11. The summed E-state index contributed by atoms with van der Waals surface area (Å²) in [6.45, 7) is 0.372. The summed E-state index contributed by atoms with van der Waals surface area (Å²) in [5, 5.41) is 5.27. The van der Waals surface area contributed by atoms with E-state index in [0.29, 0.717) is 12.1 Å². The van der Waals surface area contributed by atoms with Gasteiger partial charge in [0.05, 0.1) is 0 Å². The molecular formula is C17H13F2NS. The molecule has 1 aromatic heterocycles. The van der Waals surface area contributed by atoms with Crippen LogP contribution >= 0.6 is 11.3 Å². The first-order valence-electron chi connectivity index (χ1n) is 6.54. The Morgan fingerprint density at radius 2 is 1.67 bits per heavy atom. The van der Waals surface area contributed by atoms with Gasteiger partial charge in [-0.3, -0.25) is 0 Å². The predicted molar refractivity (Wildman–Crippen MR) is 83.4 cm³/mol. The zero-order valence-corrected chi connectivity index (χ0v) is 12.0. The topological polar surface area (TPSA) is 12.0 Å². The Morgan fingerprint density at radius 3 is 2.38 bits per heavy atom. The molecule has 0 aliphatic carbocycles. The smallest absolute Gasteiger partial charge is 0.126 e. The van der Waals surface area contributed by atoms with Gasteiger partial charge in [-0.25, -0.2) is 8.78 Å². The first-order chi connectivity index (χ1) is 10.2. The fraction of sp³-hybridized carbons (Fsp3) is 0.0588. The maximum atomic E-state index is 13.2. The molecule has 3 aromatic rings. The van der Waals surface area contributed by atoms with Crippen molar-refractivity contribution >= 4 is 17.0 Å². The van der Waals surface area contributed by atoms with Crippen LogP contribution in [-0.4, -0.2) is 0 Å². The Hall–Kier alpha value is -2.20. The molecule has 3 rings (SSSR count). The predicted octanol–water partition coefficient (Wildman–Crippen LogP) is 5.31. The Balaban J connectivity index is 1.82. The molecule has 0 saturated carbocycles. The van der Waals surface area contributed by atoms with Gasteiger partial charge in [-0.2, -0.15) is 0 Å². The summed E-state index contributed by atoms with van der Waals surface area (Å²) in [5.74, 6) is -1.11. The summed E-state index contributed by atoms with van der Waals surface area (Å²) in [7, 11) is 0. The lowest BCUT2D eigenvalue weighted by atomic mass is 10.1. The van der Waals surface area contributed by atoms with Crippen molar-refractivity contribution in [1.82, 2.24) is 0 Å². The molecule has 21 heavy (non-hydrogen) atoms. The maximum Gasteiger partial charge on any atom is 0.126 e. The molecule has 0 atom stereocenters. The van der Waals surface area contributed by atoms with Crippen molar-refractivity contribution in [2.75, 3.05) is 5.32 Å². The number of nitrogens with one attached hydrogen (secondary N) is 1. The van der Waals surface area contributed by atoms with Crippen LogP contribution in [0.1, 0.15) is 5.56 Å². The molecule has 106 valence electrons. The molecular weight excluding hydrogens is 288 g/mol. The van der Waals surface area contributed by atoms with Crippen LogP contribution in [0, 0.1) is 11.6 Å². The Kier molecular flexibility index (Phi) is 3.97. The standard InChI is InChI=1S/C17H13F2NS/c18-13-8-12(9-14(19)10-13)11-20-16-5-2-1-4-15(16)17-6-3-7-21-17/h1-10,20H,11H2. The van der Waals surface area contributed by atoms with E-state index in [1.54, 1.807) is 11.3 Å². The minimum absolute atomic E-state index is 0.372. The van der Waals surface area contributed by atoms with Crippen LogP contribution < -0.4 is 5.32 Å². The number of rotatable bonds is 4. The largest absolute Gasteiger partial charge is 0.380 e. The van der Waals surface area contributed by atoms with Crippen LogP contribution in [0.5, 0.6) is 0 Å². The second-order valence-electron chi connectivity index (χ2n) is 4.65. The second kappa shape index (κ2) is 6.06. The summed E-state index contributed by atoms with van der Waals surface area (Å²) in [5.41, 5.74) is 2.61. The van der Waals surface area contributed by atoms with E-state index in [0.717, 1.165) is 22.2 Å². The van der Waals surface area contributed by atoms with Crippen LogP contribution in [0.3, 0.4) is 0 Å². The second-order valence-corrected chi connectivity index (χ2v) is 5.60. The minimum atomic E-state index is -0.557. The number of benzene rings is 2. The molecule has 0 radical (unpaired) electrons. The molecule has 0 unspecified atom stereocenters. The minimum Gasteiger partial charge on any atom is -0.380 e. The number of anilines is 1. The Labute approximate surface area is 125 Å². The lowest BCUT2D eigenvalue weighted by molar-refractivity contribution is 0.580. The van der Waals surface area contributed by atoms with Crippen LogP contribution in [-0.2, 0) is 6.54 Å². The molecule has 1 nitrogen and oxygen atoms in total. The van der Waals surface area contributed by atoms with Gasteiger partial charge in [-0.15, -0.1) is 11.3 Å². The summed E-state index contributed by atoms with van der Waals surface area (Å²) < 4.78 is 26.4. The Morgan fingerprint density at radius 1 is 0.905 bits per heavy atom. The van der Waals surface area contributed by atoms with Crippen molar-refractivity contribution in [3.05, 3.63) is 77.2 Å². The summed E-state index contributed by atoms with van der Waals surface area (Å²) in [4.78, 5) is 1.16. The number of para-hydroxylation sites is 1. The van der Waals surface area contributed by atoms with Crippen LogP contribution in [0.25, 0.3) is 10.4 Å².